The maximum Gasteiger partial charge on any atom is 0.238 e. The van der Waals surface area contributed by atoms with E-state index in [1.54, 1.807) is 42.2 Å². The van der Waals surface area contributed by atoms with Crippen LogP contribution in [0.3, 0.4) is 0 Å². The Kier molecular flexibility index (Phi) is 8.76. The van der Waals surface area contributed by atoms with E-state index in [1.165, 1.54) is 0 Å². The van der Waals surface area contributed by atoms with E-state index >= 15 is 0 Å². The fourth-order valence-corrected chi connectivity index (χ4v) is 3.18. The fraction of sp³-hybridized carbons (Fsp3) is 0.333. The van der Waals surface area contributed by atoms with Gasteiger partial charge in [0.25, 0.3) is 0 Å². The highest BCUT2D eigenvalue weighted by Gasteiger charge is 2.17. The topological polar surface area (TPSA) is 61.9 Å². The van der Waals surface area contributed by atoms with Crippen LogP contribution in [0, 0.1) is 0 Å². The van der Waals surface area contributed by atoms with E-state index in [0.29, 0.717) is 28.8 Å². The van der Waals surface area contributed by atoms with Gasteiger partial charge in [-0.15, -0.1) is 0 Å². The smallest absolute Gasteiger partial charge is 0.238 e. The number of anilines is 1. The number of halogens is 2. The van der Waals surface area contributed by atoms with Crippen LogP contribution in [0.1, 0.15) is 12.5 Å². The minimum absolute atomic E-state index is 0.0557. The summed E-state index contributed by atoms with van der Waals surface area (Å²) in [6, 6.07) is 12.6. The van der Waals surface area contributed by atoms with E-state index < -0.39 is 0 Å². The van der Waals surface area contributed by atoms with Crippen LogP contribution in [-0.2, 0) is 16.1 Å². The third kappa shape index (κ3) is 6.92. The van der Waals surface area contributed by atoms with Gasteiger partial charge in [0.1, 0.15) is 5.75 Å². The van der Waals surface area contributed by atoms with Crippen LogP contribution in [-0.4, -0.2) is 55.4 Å². The van der Waals surface area contributed by atoms with Gasteiger partial charge in [0.05, 0.1) is 35.9 Å². The number of carbonyl (C=O) groups excluding carboxylic acids is 2. The third-order valence-corrected chi connectivity index (χ3v) is 5.03. The summed E-state index contributed by atoms with van der Waals surface area (Å²) in [5.41, 5.74) is 1.37. The summed E-state index contributed by atoms with van der Waals surface area (Å²) < 4.78 is 5.14. The van der Waals surface area contributed by atoms with Crippen LogP contribution in [0.5, 0.6) is 5.75 Å². The zero-order valence-electron chi connectivity index (χ0n) is 16.7. The zero-order valence-corrected chi connectivity index (χ0v) is 18.3. The van der Waals surface area contributed by atoms with Crippen molar-refractivity contribution < 1.29 is 14.3 Å². The molecule has 0 spiro atoms. The summed E-state index contributed by atoms with van der Waals surface area (Å²) in [5.74, 6) is 0.406. The van der Waals surface area contributed by atoms with Crippen molar-refractivity contribution in [3.8, 4) is 5.75 Å². The molecule has 2 aromatic carbocycles. The van der Waals surface area contributed by atoms with Crippen molar-refractivity contribution in [1.82, 2.24) is 9.80 Å². The summed E-state index contributed by atoms with van der Waals surface area (Å²) in [5, 5.41) is 3.45. The molecule has 1 N–H and O–H groups in total. The van der Waals surface area contributed by atoms with Crippen molar-refractivity contribution in [2.24, 2.45) is 0 Å². The SMILES string of the molecule is CCN(CC(=O)Nc1c(Cl)cccc1Cl)CC(=O)N(C)Cc1ccc(OC)cc1. The molecule has 0 saturated heterocycles. The molecule has 0 aliphatic carbocycles. The second kappa shape index (κ2) is 11.0. The van der Waals surface area contributed by atoms with Gasteiger partial charge in [-0.2, -0.15) is 0 Å². The number of carbonyl (C=O) groups is 2. The fourth-order valence-electron chi connectivity index (χ4n) is 2.68. The first kappa shape index (κ1) is 23.0. The predicted octanol–water partition coefficient (Wildman–Crippen LogP) is 3.92. The number of hydrogen-bond acceptors (Lipinski definition) is 4. The molecule has 0 saturated carbocycles. The number of methoxy groups -OCH3 is 1. The van der Waals surface area contributed by atoms with Crippen LogP contribution in [0.2, 0.25) is 10.0 Å². The molecule has 0 heterocycles. The summed E-state index contributed by atoms with van der Waals surface area (Å²) in [6.07, 6.45) is 0. The molecule has 0 atom stereocenters. The number of ether oxygens (including phenoxy) is 1. The molecule has 2 rings (SSSR count). The Morgan fingerprint density at radius 3 is 2.21 bits per heavy atom. The molecule has 156 valence electrons. The molecule has 29 heavy (non-hydrogen) atoms. The van der Waals surface area contributed by atoms with Crippen molar-refractivity contribution in [2.75, 3.05) is 39.1 Å². The maximum absolute atomic E-state index is 12.6. The molecule has 6 nitrogen and oxygen atoms in total. The molecule has 0 fully saturated rings. The predicted molar refractivity (Wildman–Crippen MR) is 117 cm³/mol. The summed E-state index contributed by atoms with van der Waals surface area (Å²) in [4.78, 5) is 28.3. The first-order valence-electron chi connectivity index (χ1n) is 9.17. The molecule has 2 aromatic rings. The molecule has 2 amide bonds. The minimum atomic E-state index is -0.285. The third-order valence-electron chi connectivity index (χ3n) is 4.41. The Balaban J connectivity index is 1.90. The largest absolute Gasteiger partial charge is 0.497 e. The van der Waals surface area contributed by atoms with Crippen molar-refractivity contribution >= 4 is 40.7 Å². The minimum Gasteiger partial charge on any atom is -0.497 e. The lowest BCUT2D eigenvalue weighted by Gasteiger charge is -2.24. The van der Waals surface area contributed by atoms with Gasteiger partial charge in [-0.25, -0.2) is 0 Å². The van der Waals surface area contributed by atoms with E-state index in [0.717, 1.165) is 11.3 Å². The van der Waals surface area contributed by atoms with Crippen LogP contribution < -0.4 is 10.1 Å². The number of nitrogens with zero attached hydrogens (tertiary/aromatic N) is 2. The van der Waals surface area contributed by atoms with E-state index in [2.05, 4.69) is 5.32 Å². The highest BCUT2D eigenvalue weighted by molar-refractivity contribution is 6.39. The molecule has 0 unspecified atom stereocenters. The first-order valence-corrected chi connectivity index (χ1v) is 9.92. The van der Waals surface area contributed by atoms with Gasteiger partial charge < -0.3 is 15.0 Å². The number of rotatable bonds is 9. The van der Waals surface area contributed by atoms with Gasteiger partial charge in [0.15, 0.2) is 0 Å². The summed E-state index contributed by atoms with van der Waals surface area (Å²) in [6.45, 7) is 3.10. The Bertz CT molecular complexity index is 823. The molecular formula is C21H25Cl2N3O3. The summed E-state index contributed by atoms with van der Waals surface area (Å²) in [7, 11) is 3.35. The molecule has 0 aromatic heterocycles. The van der Waals surface area contributed by atoms with Gasteiger partial charge in [-0.3, -0.25) is 14.5 Å². The quantitative estimate of drug-likeness (QED) is 0.645. The van der Waals surface area contributed by atoms with Gasteiger partial charge in [-0.05, 0) is 36.4 Å². The molecule has 8 heteroatoms. The van der Waals surface area contributed by atoms with Gasteiger partial charge in [-0.1, -0.05) is 48.3 Å². The number of hydrogen-bond donors (Lipinski definition) is 1. The van der Waals surface area contributed by atoms with Gasteiger partial charge in [0, 0.05) is 13.6 Å². The van der Waals surface area contributed by atoms with Crippen LogP contribution in [0.4, 0.5) is 5.69 Å². The lowest BCUT2D eigenvalue weighted by molar-refractivity contribution is -0.132. The monoisotopic (exact) mass is 437 g/mol. The van der Waals surface area contributed by atoms with Gasteiger partial charge in [0.2, 0.25) is 11.8 Å². The second-order valence-corrected chi connectivity index (χ2v) is 7.36. The molecular weight excluding hydrogens is 413 g/mol. The lowest BCUT2D eigenvalue weighted by Crippen LogP contribution is -2.41. The number of para-hydroxylation sites is 1. The number of benzene rings is 2. The lowest BCUT2D eigenvalue weighted by atomic mass is 10.2. The number of likely N-dealkylation sites (N-methyl/N-ethyl adjacent to an activating group) is 2. The highest BCUT2D eigenvalue weighted by Crippen LogP contribution is 2.29. The first-order chi connectivity index (χ1) is 13.8. The van der Waals surface area contributed by atoms with E-state index in [4.69, 9.17) is 27.9 Å². The van der Waals surface area contributed by atoms with Crippen molar-refractivity contribution in [3.63, 3.8) is 0 Å². The van der Waals surface area contributed by atoms with Crippen molar-refractivity contribution in [3.05, 3.63) is 58.1 Å². The average Bonchev–Trinajstić information content (AvgIpc) is 2.70. The Morgan fingerprint density at radius 1 is 1.03 bits per heavy atom. The van der Waals surface area contributed by atoms with Crippen molar-refractivity contribution in [2.45, 2.75) is 13.5 Å². The summed E-state index contributed by atoms with van der Waals surface area (Å²) >= 11 is 12.2. The van der Waals surface area contributed by atoms with E-state index in [-0.39, 0.29) is 24.9 Å². The maximum atomic E-state index is 12.6. The standard InChI is InChI=1S/C21H25Cl2N3O3/c1-4-26(13-19(27)24-21-17(22)6-5-7-18(21)23)14-20(28)25(2)12-15-8-10-16(29-3)11-9-15/h5-11H,4,12-14H2,1-3H3,(H,24,27). The number of amides is 2. The Hall–Kier alpha value is -2.28. The molecule has 0 aliphatic heterocycles. The van der Waals surface area contributed by atoms with Crippen LogP contribution in [0.15, 0.2) is 42.5 Å². The van der Waals surface area contributed by atoms with E-state index in [9.17, 15) is 9.59 Å². The second-order valence-electron chi connectivity index (χ2n) is 6.55. The molecule has 0 radical (unpaired) electrons. The van der Waals surface area contributed by atoms with E-state index in [1.807, 2.05) is 31.2 Å². The van der Waals surface area contributed by atoms with Crippen LogP contribution in [0.25, 0.3) is 0 Å². The Morgan fingerprint density at radius 2 is 1.66 bits per heavy atom. The molecule has 0 bridgehead atoms. The van der Waals surface area contributed by atoms with Crippen molar-refractivity contribution in [1.29, 1.82) is 0 Å². The molecule has 0 aliphatic rings. The average molecular weight is 438 g/mol. The van der Waals surface area contributed by atoms with Gasteiger partial charge >= 0.3 is 0 Å². The zero-order chi connectivity index (χ0) is 21.4. The number of nitrogens with one attached hydrogen (secondary N) is 1. The normalized spacial score (nSPS) is 10.7. The van der Waals surface area contributed by atoms with Crippen LogP contribution >= 0.6 is 23.2 Å². The Labute approximate surface area is 181 Å². The highest BCUT2D eigenvalue weighted by atomic mass is 35.5.